The molecule has 0 bridgehead atoms. The average molecular weight is 361 g/mol. The number of carbonyl (C=O) groups is 1. The second kappa shape index (κ2) is 7.75. The van der Waals surface area contributed by atoms with Crippen LogP contribution in [0.4, 0.5) is 0 Å². The third kappa shape index (κ3) is 4.18. The summed E-state index contributed by atoms with van der Waals surface area (Å²) < 4.78 is 5.99. The van der Waals surface area contributed by atoms with Gasteiger partial charge in [0.25, 0.3) is 5.91 Å². The smallest absolute Gasteiger partial charge is 0.271 e. The van der Waals surface area contributed by atoms with Crippen molar-refractivity contribution in [3.05, 3.63) is 64.1 Å². The zero-order valence-corrected chi connectivity index (χ0v) is 14.1. The molecule has 22 heavy (non-hydrogen) atoms. The molecule has 0 heterocycles. The van der Waals surface area contributed by atoms with E-state index in [1.165, 1.54) is 0 Å². The number of hydrazone groups is 1. The van der Waals surface area contributed by atoms with E-state index in [-0.39, 0.29) is 5.91 Å². The molecule has 0 aromatic heterocycles. The van der Waals surface area contributed by atoms with E-state index in [0.29, 0.717) is 12.0 Å². The van der Waals surface area contributed by atoms with Gasteiger partial charge in [-0.25, -0.2) is 5.43 Å². The second-order valence-corrected chi connectivity index (χ2v) is 5.51. The lowest BCUT2D eigenvalue weighted by Gasteiger charge is -2.07. The van der Waals surface area contributed by atoms with Gasteiger partial charge in [0.2, 0.25) is 0 Å². The summed E-state index contributed by atoms with van der Waals surface area (Å²) in [7, 11) is 1.63. The monoisotopic (exact) mass is 360 g/mol. The van der Waals surface area contributed by atoms with Crippen LogP contribution in [0.25, 0.3) is 0 Å². The van der Waals surface area contributed by atoms with Crippen LogP contribution in [0.1, 0.15) is 29.3 Å². The normalized spacial score (nSPS) is 11.1. The minimum atomic E-state index is -0.235. The molecule has 5 heteroatoms. The number of ether oxygens (including phenoxy) is 1. The van der Waals surface area contributed by atoms with Gasteiger partial charge in [-0.15, -0.1) is 0 Å². The highest BCUT2D eigenvalue weighted by atomic mass is 79.9. The van der Waals surface area contributed by atoms with Gasteiger partial charge < -0.3 is 4.74 Å². The molecule has 0 aliphatic carbocycles. The van der Waals surface area contributed by atoms with Crippen molar-refractivity contribution in [2.75, 3.05) is 7.11 Å². The van der Waals surface area contributed by atoms with Crippen molar-refractivity contribution in [1.82, 2.24) is 5.43 Å². The van der Waals surface area contributed by atoms with Gasteiger partial charge in [-0.05, 0) is 54.4 Å². The van der Waals surface area contributed by atoms with E-state index in [4.69, 9.17) is 4.74 Å². The summed E-state index contributed by atoms with van der Waals surface area (Å²) in [5.41, 5.74) is 4.93. The number of carbonyl (C=O) groups excluding carboxylic acids is 1. The van der Waals surface area contributed by atoms with Gasteiger partial charge in [-0.3, -0.25) is 4.79 Å². The molecule has 0 unspecified atom stereocenters. The summed E-state index contributed by atoms with van der Waals surface area (Å²) in [5, 5.41) is 4.23. The molecule has 0 atom stereocenters. The summed E-state index contributed by atoms with van der Waals surface area (Å²) >= 11 is 3.35. The summed E-state index contributed by atoms with van der Waals surface area (Å²) in [6, 6.07) is 14.8. The quantitative estimate of drug-likeness (QED) is 0.646. The number of hydrogen-bond donors (Lipinski definition) is 1. The maximum atomic E-state index is 12.1. The number of nitrogens with zero attached hydrogens (tertiary/aromatic N) is 1. The summed E-state index contributed by atoms with van der Waals surface area (Å²) in [6.45, 7) is 1.99. The molecule has 0 fully saturated rings. The van der Waals surface area contributed by atoms with Crippen molar-refractivity contribution >= 4 is 27.5 Å². The fraction of sp³-hybridized carbons (Fsp3) is 0.176. The zero-order valence-electron chi connectivity index (χ0n) is 12.5. The Morgan fingerprint density at radius 2 is 1.91 bits per heavy atom. The Kier molecular flexibility index (Phi) is 5.72. The van der Waals surface area contributed by atoms with Gasteiger partial charge in [-0.2, -0.15) is 5.10 Å². The van der Waals surface area contributed by atoms with Crippen LogP contribution in [-0.4, -0.2) is 18.7 Å². The van der Waals surface area contributed by atoms with Gasteiger partial charge in [0, 0.05) is 10.0 Å². The third-order valence-corrected chi connectivity index (χ3v) is 3.63. The molecule has 2 rings (SSSR count). The zero-order chi connectivity index (χ0) is 15.9. The number of methoxy groups -OCH3 is 1. The van der Waals surface area contributed by atoms with E-state index in [9.17, 15) is 4.79 Å². The van der Waals surface area contributed by atoms with Gasteiger partial charge in [0.1, 0.15) is 5.75 Å². The number of amides is 1. The lowest BCUT2D eigenvalue weighted by molar-refractivity contribution is 0.0954. The van der Waals surface area contributed by atoms with Crippen molar-refractivity contribution in [2.24, 2.45) is 5.10 Å². The first-order valence-corrected chi connectivity index (χ1v) is 7.70. The van der Waals surface area contributed by atoms with Crippen LogP contribution in [0, 0.1) is 0 Å². The van der Waals surface area contributed by atoms with Crippen LogP contribution in [-0.2, 0) is 0 Å². The van der Waals surface area contributed by atoms with Gasteiger partial charge >= 0.3 is 0 Å². The Labute approximate surface area is 138 Å². The summed E-state index contributed by atoms with van der Waals surface area (Å²) in [6.07, 6.45) is 0.713. The van der Waals surface area contributed by atoms with E-state index in [0.717, 1.165) is 21.5 Å². The van der Waals surface area contributed by atoms with Gasteiger partial charge in [-0.1, -0.05) is 28.9 Å². The highest BCUT2D eigenvalue weighted by Crippen LogP contribution is 2.14. The minimum absolute atomic E-state index is 0.235. The molecule has 0 saturated carbocycles. The molecule has 0 radical (unpaired) electrons. The number of benzene rings is 2. The molecule has 4 nitrogen and oxygen atoms in total. The molecule has 0 saturated heterocycles. The fourth-order valence-electron chi connectivity index (χ4n) is 1.94. The Morgan fingerprint density at radius 1 is 1.18 bits per heavy atom. The Bertz CT molecular complexity index is 681. The first kappa shape index (κ1) is 16.2. The largest absolute Gasteiger partial charge is 0.497 e. The minimum Gasteiger partial charge on any atom is -0.497 e. The van der Waals surface area contributed by atoms with Crippen LogP contribution in [0.3, 0.4) is 0 Å². The Balaban J connectivity index is 2.13. The van der Waals surface area contributed by atoms with Crippen LogP contribution in [0.5, 0.6) is 5.75 Å². The molecule has 2 aromatic carbocycles. The molecule has 1 amide bonds. The molecule has 114 valence electrons. The number of hydrogen-bond acceptors (Lipinski definition) is 3. The van der Waals surface area contributed by atoms with Crippen molar-refractivity contribution in [3.63, 3.8) is 0 Å². The molecule has 1 N–H and O–H groups in total. The van der Waals surface area contributed by atoms with E-state index in [1.54, 1.807) is 19.2 Å². The highest BCUT2D eigenvalue weighted by molar-refractivity contribution is 9.10. The number of halogens is 1. The summed E-state index contributed by atoms with van der Waals surface area (Å²) in [5.74, 6) is 0.554. The maximum absolute atomic E-state index is 12.1. The van der Waals surface area contributed by atoms with E-state index < -0.39 is 0 Å². The van der Waals surface area contributed by atoms with Crippen molar-refractivity contribution in [1.29, 1.82) is 0 Å². The van der Waals surface area contributed by atoms with Crippen LogP contribution in [0.2, 0.25) is 0 Å². The topological polar surface area (TPSA) is 50.7 Å². The van der Waals surface area contributed by atoms with E-state index in [1.807, 2.05) is 43.3 Å². The first-order valence-electron chi connectivity index (χ1n) is 6.91. The lowest BCUT2D eigenvalue weighted by Crippen LogP contribution is -2.20. The molecular formula is C17H17BrN2O2. The van der Waals surface area contributed by atoms with E-state index in [2.05, 4.69) is 26.5 Å². The molecule has 0 spiro atoms. The molecule has 2 aromatic rings. The standard InChI is InChI=1S/C17H17BrN2O2/c1-3-16(12-7-9-15(22-2)10-8-12)19-20-17(21)13-5-4-6-14(18)11-13/h4-11H,3H2,1-2H3,(H,20,21). The van der Waals surface area contributed by atoms with Crippen LogP contribution in [0.15, 0.2) is 58.1 Å². The molecule has 0 aliphatic rings. The van der Waals surface area contributed by atoms with Crippen LogP contribution < -0.4 is 10.2 Å². The number of rotatable bonds is 5. The van der Waals surface area contributed by atoms with Crippen molar-refractivity contribution in [2.45, 2.75) is 13.3 Å². The third-order valence-electron chi connectivity index (χ3n) is 3.14. The number of nitrogens with one attached hydrogen (secondary N) is 1. The van der Waals surface area contributed by atoms with Crippen LogP contribution >= 0.6 is 15.9 Å². The lowest BCUT2D eigenvalue weighted by atomic mass is 10.1. The Hall–Kier alpha value is -2.14. The fourth-order valence-corrected chi connectivity index (χ4v) is 2.34. The SMILES string of the molecule is CCC(=NNC(=O)c1cccc(Br)c1)c1ccc(OC)cc1. The Morgan fingerprint density at radius 3 is 2.50 bits per heavy atom. The second-order valence-electron chi connectivity index (χ2n) is 4.59. The van der Waals surface area contributed by atoms with E-state index >= 15 is 0 Å². The molecular weight excluding hydrogens is 344 g/mol. The predicted molar refractivity (Wildman–Crippen MR) is 91.4 cm³/mol. The maximum Gasteiger partial charge on any atom is 0.271 e. The first-order chi connectivity index (χ1) is 10.6. The van der Waals surface area contributed by atoms with Crippen molar-refractivity contribution in [3.8, 4) is 5.75 Å². The van der Waals surface area contributed by atoms with Gasteiger partial charge in [0.15, 0.2) is 0 Å². The predicted octanol–water partition coefficient (Wildman–Crippen LogP) is 4.00. The summed E-state index contributed by atoms with van der Waals surface area (Å²) in [4.78, 5) is 12.1. The average Bonchev–Trinajstić information content (AvgIpc) is 2.55. The highest BCUT2D eigenvalue weighted by Gasteiger charge is 2.06. The van der Waals surface area contributed by atoms with Crippen molar-refractivity contribution < 1.29 is 9.53 Å². The van der Waals surface area contributed by atoms with Gasteiger partial charge in [0.05, 0.1) is 12.8 Å². The molecule has 0 aliphatic heterocycles.